The van der Waals surface area contributed by atoms with Crippen LogP contribution in [0.1, 0.15) is 24.7 Å². The van der Waals surface area contributed by atoms with Gasteiger partial charge in [0, 0.05) is 17.5 Å². The zero-order valence-corrected chi connectivity index (χ0v) is 12.9. The molecule has 0 spiro atoms. The van der Waals surface area contributed by atoms with Crippen molar-refractivity contribution >= 4 is 16.8 Å². The van der Waals surface area contributed by atoms with Gasteiger partial charge in [-0.05, 0) is 29.7 Å². The molecule has 0 radical (unpaired) electrons. The van der Waals surface area contributed by atoms with Crippen LogP contribution < -0.4 is 5.56 Å². The van der Waals surface area contributed by atoms with Crippen molar-refractivity contribution in [3.8, 4) is 0 Å². The van der Waals surface area contributed by atoms with Gasteiger partial charge < -0.3 is 14.3 Å². The summed E-state index contributed by atoms with van der Waals surface area (Å²) in [5, 5.41) is 0.948. The topological polar surface area (TPSA) is 66.3 Å². The number of aromatic nitrogens is 1. The first kappa shape index (κ1) is 15.1. The Bertz CT molecular complexity index is 865. The maximum atomic E-state index is 12.3. The van der Waals surface area contributed by atoms with Gasteiger partial charge in [-0.2, -0.15) is 0 Å². The minimum Gasteiger partial charge on any atom is -0.467 e. The van der Waals surface area contributed by atoms with Crippen molar-refractivity contribution in [2.45, 2.75) is 26.4 Å². The molecule has 23 heavy (non-hydrogen) atoms. The number of carbonyl (C=O) groups excluding carboxylic acids is 1. The highest BCUT2D eigenvalue weighted by atomic mass is 16.3. The van der Waals surface area contributed by atoms with E-state index in [1.807, 2.05) is 43.3 Å². The summed E-state index contributed by atoms with van der Waals surface area (Å²) in [6, 6.07) is 13.0. The number of aromatic amines is 1. The molecule has 1 aromatic carbocycles. The van der Waals surface area contributed by atoms with Crippen LogP contribution in [-0.4, -0.2) is 15.8 Å². The van der Waals surface area contributed by atoms with E-state index in [1.54, 1.807) is 17.2 Å². The maximum absolute atomic E-state index is 12.3. The van der Waals surface area contributed by atoms with E-state index in [1.165, 1.54) is 0 Å². The zero-order chi connectivity index (χ0) is 16.2. The molecule has 1 amide bonds. The molecule has 0 bridgehead atoms. The lowest BCUT2D eigenvalue weighted by atomic mass is 10.1. The number of nitrogens with one attached hydrogen (secondary N) is 1. The Labute approximate surface area is 133 Å². The Morgan fingerprint density at radius 1 is 1.17 bits per heavy atom. The van der Waals surface area contributed by atoms with Crippen molar-refractivity contribution in [3.05, 3.63) is 70.4 Å². The van der Waals surface area contributed by atoms with Crippen molar-refractivity contribution < 1.29 is 9.21 Å². The second kappa shape index (κ2) is 6.52. The molecule has 0 saturated heterocycles. The number of furan rings is 1. The smallest absolute Gasteiger partial charge is 0.253 e. The van der Waals surface area contributed by atoms with Crippen LogP contribution in [-0.2, 0) is 17.9 Å². The van der Waals surface area contributed by atoms with Crippen LogP contribution >= 0.6 is 0 Å². The Kier molecular flexibility index (Phi) is 4.28. The molecule has 3 aromatic rings. The summed E-state index contributed by atoms with van der Waals surface area (Å²) in [6.07, 6.45) is 1.96. The molecule has 118 valence electrons. The summed E-state index contributed by atoms with van der Waals surface area (Å²) >= 11 is 0. The number of pyridine rings is 1. The number of nitrogens with zero attached hydrogens (tertiary/aromatic N) is 1. The van der Waals surface area contributed by atoms with Gasteiger partial charge in [0.2, 0.25) is 5.91 Å². The van der Waals surface area contributed by atoms with Gasteiger partial charge in [0.25, 0.3) is 5.56 Å². The van der Waals surface area contributed by atoms with Gasteiger partial charge in [-0.25, -0.2) is 0 Å². The van der Waals surface area contributed by atoms with E-state index in [0.29, 0.717) is 24.3 Å². The molecule has 0 atom stereocenters. The molecule has 0 saturated carbocycles. The van der Waals surface area contributed by atoms with E-state index >= 15 is 0 Å². The molecule has 0 aliphatic rings. The van der Waals surface area contributed by atoms with Crippen molar-refractivity contribution in [3.63, 3.8) is 0 Å². The fraction of sp³-hybridized carbons (Fsp3) is 0.222. The van der Waals surface area contributed by atoms with Crippen molar-refractivity contribution in [2.24, 2.45) is 0 Å². The number of carbonyl (C=O) groups is 1. The number of para-hydroxylation sites is 1. The van der Waals surface area contributed by atoms with Gasteiger partial charge in [0.15, 0.2) is 0 Å². The first-order valence-corrected chi connectivity index (χ1v) is 7.58. The van der Waals surface area contributed by atoms with Crippen LogP contribution in [0.5, 0.6) is 0 Å². The van der Waals surface area contributed by atoms with Crippen LogP contribution in [0.15, 0.2) is 57.9 Å². The maximum Gasteiger partial charge on any atom is 0.253 e. The van der Waals surface area contributed by atoms with E-state index < -0.39 is 0 Å². The lowest BCUT2D eigenvalue weighted by molar-refractivity contribution is -0.132. The monoisotopic (exact) mass is 310 g/mol. The van der Waals surface area contributed by atoms with Gasteiger partial charge in [0.1, 0.15) is 5.76 Å². The zero-order valence-electron chi connectivity index (χ0n) is 12.9. The summed E-state index contributed by atoms with van der Waals surface area (Å²) in [5.74, 6) is 0.679. The van der Waals surface area contributed by atoms with E-state index in [4.69, 9.17) is 4.42 Å². The Morgan fingerprint density at radius 2 is 2.00 bits per heavy atom. The molecule has 5 nitrogen and oxygen atoms in total. The van der Waals surface area contributed by atoms with E-state index in [0.717, 1.165) is 10.9 Å². The Hall–Kier alpha value is -2.82. The predicted molar refractivity (Wildman–Crippen MR) is 87.8 cm³/mol. The first-order chi connectivity index (χ1) is 11.2. The van der Waals surface area contributed by atoms with E-state index in [9.17, 15) is 9.59 Å². The Balaban J connectivity index is 1.91. The average Bonchev–Trinajstić information content (AvgIpc) is 3.07. The summed E-state index contributed by atoms with van der Waals surface area (Å²) < 4.78 is 5.32. The molecule has 5 heteroatoms. The van der Waals surface area contributed by atoms with Gasteiger partial charge in [-0.3, -0.25) is 9.59 Å². The number of amides is 1. The highest BCUT2D eigenvalue weighted by Gasteiger charge is 2.16. The van der Waals surface area contributed by atoms with Crippen molar-refractivity contribution in [1.82, 2.24) is 9.88 Å². The molecule has 1 N–H and O–H groups in total. The molecule has 0 aliphatic heterocycles. The fourth-order valence-electron chi connectivity index (χ4n) is 2.56. The van der Waals surface area contributed by atoms with Crippen LogP contribution in [0.25, 0.3) is 10.9 Å². The molecule has 0 unspecified atom stereocenters. The summed E-state index contributed by atoms with van der Waals surface area (Å²) in [6.45, 7) is 2.42. The average molecular weight is 310 g/mol. The van der Waals surface area contributed by atoms with Gasteiger partial charge in [0.05, 0.1) is 19.4 Å². The van der Waals surface area contributed by atoms with Gasteiger partial charge in [-0.1, -0.05) is 25.1 Å². The molecule has 2 aromatic heterocycles. The second-order valence-corrected chi connectivity index (χ2v) is 5.39. The highest BCUT2D eigenvalue weighted by Crippen LogP contribution is 2.14. The molecular formula is C18H18N2O3. The SMILES string of the molecule is CCC(=O)N(Cc1ccco1)Cc1cc2ccccc2[nH]c1=O. The molecular weight excluding hydrogens is 292 g/mol. The number of hydrogen-bond donors (Lipinski definition) is 1. The Morgan fingerprint density at radius 3 is 2.74 bits per heavy atom. The molecule has 2 heterocycles. The van der Waals surface area contributed by atoms with Crippen LogP contribution in [0, 0.1) is 0 Å². The predicted octanol–water partition coefficient (Wildman–Crippen LogP) is 3.06. The van der Waals surface area contributed by atoms with Gasteiger partial charge >= 0.3 is 0 Å². The molecule has 0 fully saturated rings. The van der Waals surface area contributed by atoms with Crippen LogP contribution in [0.3, 0.4) is 0 Å². The number of H-pyrrole nitrogens is 1. The first-order valence-electron chi connectivity index (χ1n) is 7.58. The summed E-state index contributed by atoms with van der Waals surface area (Å²) in [5.41, 5.74) is 1.19. The van der Waals surface area contributed by atoms with E-state index in [-0.39, 0.29) is 18.0 Å². The lowest BCUT2D eigenvalue weighted by Gasteiger charge is -2.21. The minimum atomic E-state index is -0.169. The third-order valence-corrected chi connectivity index (χ3v) is 3.77. The molecule has 0 aliphatic carbocycles. The van der Waals surface area contributed by atoms with Gasteiger partial charge in [-0.15, -0.1) is 0 Å². The third-order valence-electron chi connectivity index (χ3n) is 3.77. The minimum absolute atomic E-state index is 0.0195. The summed E-state index contributed by atoms with van der Waals surface area (Å²) in [7, 11) is 0. The lowest BCUT2D eigenvalue weighted by Crippen LogP contribution is -2.31. The number of fused-ring (bicyclic) bond motifs is 1. The standard InChI is InChI=1S/C18H18N2O3/c1-2-17(21)20(12-15-7-5-9-23-15)11-14-10-13-6-3-4-8-16(13)19-18(14)22/h3-10H,2,11-12H2,1H3,(H,19,22). The second-order valence-electron chi connectivity index (χ2n) is 5.39. The largest absolute Gasteiger partial charge is 0.467 e. The third kappa shape index (κ3) is 3.34. The normalized spacial score (nSPS) is 10.8. The number of rotatable bonds is 5. The summed E-state index contributed by atoms with van der Waals surface area (Å²) in [4.78, 5) is 29.0. The van der Waals surface area contributed by atoms with Crippen LogP contribution in [0.2, 0.25) is 0 Å². The molecule has 3 rings (SSSR count). The highest BCUT2D eigenvalue weighted by molar-refractivity contribution is 5.79. The number of benzene rings is 1. The van der Waals surface area contributed by atoms with Crippen LogP contribution in [0.4, 0.5) is 0 Å². The number of hydrogen-bond acceptors (Lipinski definition) is 3. The van der Waals surface area contributed by atoms with E-state index in [2.05, 4.69) is 4.98 Å². The fourth-order valence-corrected chi connectivity index (χ4v) is 2.56. The van der Waals surface area contributed by atoms with Crippen molar-refractivity contribution in [1.29, 1.82) is 0 Å². The van der Waals surface area contributed by atoms with Crippen molar-refractivity contribution in [2.75, 3.05) is 0 Å². The quantitative estimate of drug-likeness (QED) is 0.787.